The van der Waals surface area contributed by atoms with Crippen LogP contribution in [0.5, 0.6) is 0 Å². The van der Waals surface area contributed by atoms with Gasteiger partial charge in [0.15, 0.2) is 0 Å². The average molecular weight is 476 g/mol. The molecule has 190 valence electrons. The summed E-state index contributed by atoms with van der Waals surface area (Å²) in [6.07, 6.45) is 0.890. The number of carboxylic acids is 2. The maximum atomic E-state index is 12.8. The number of carboxylic acid groups (broad SMARTS) is 2. The summed E-state index contributed by atoms with van der Waals surface area (Å²) in [5, 5.41) is 34.6. The van der Waals surface area contributed by atoms with E-state index in [1.165, 1.54) is 0 Å². The van der Waals surface area contributed by atoms with Crippen LogP contribution in [0.2, 0.25) is 0 Å². The van der Waals surface area contributed by atoms with Crippen LogP contribution in [-0.2, 0) is 24.0 Å². The number of hydrogen-bond acceptors (Lipinski definition) is 8. The highest BCUT2D eigenvalue weighted by molar-refractivity contribution is 5.94. The summed E-state index contributed by atoms with van der Waals surface area (Å²) < 4.78 is 0. The zero-order valence-electron chi connectivity index (χ0n) is 19.1. The van der Waals surface area contributed by atoms with Crippen LogP contribution in [-0.4, -0.2) is 82.3 Å². The van der Waals surface area contributed by atoms with Gasteiger partial charge in [-0.15, -0.1) is 0 Å². The van der Waals surface area contributed by atoms with E-state index in [1.807, 2.05) is 0 Å². The molecule has 0 aliphatic heterocycles. The molecule has 0 aromatic heterocycles. The molecule has 0 saturated carbocycles. The number of amides is 3. The van der Waals surface area contributed by atoms with Gasteiger partial charge in [-0.05, 0) is 38.1 Å². The number of unbranched alkanes of at least 4 members (excludes halogenated alkanes) is 1. The minimum Gasteiger partial charge on any atom is -0.481 e. The molecule has 33 heavy (non-hydrogen) atoms. The van der Waals surface area contributed by atoms with Crippen LogP contribution in [0.3, 0.4) is 0 Å². The number of nitrogens with one attached hydrogen (secondary N) is 3. The Morgan fingerprint density at radius 3 is 1.91 bits per heavy atom. The van der Waals surface area contributed by atoms with Crippen LogP contribution in [0.15, 0.2) is 0 Å². The molecular weight excluding hydrogens is 438 g/mol. The fourth-order valence-corrected chi connectivity index (χ4v) is 2.87. The van der Waals surface area contributed by atoms with Crippen LogP contribution >= 0.6 is 0 Å². The summed E-state index contributed by atoms with van der Waals surface area (Å²) in [5.41, 5.74) is 10.9. The van der Waals surface area contributed by atoms with E-state index in [0.717, 1.165) is 0 Å². The van der Waals surface area contributed by atoms with Crippen molar-refractivity contribution in [3.05, 3.63) is 0 Å². The van der Waals surface area contributed by atoms with Crippen molar-refractivity contribution in [3.63, 3.8) is 0 Å². The van der Waals surface area contributed by atoms with E-state index in [-0.39, 0.29) is 12.8 Å². The second-order valence-corrected chi connectivity index (χ2v) is 7.84. The first-order valence-corrected chi connectivity index (χ1v) is 10.9. The SMILES string of the molecule is CCC(C)C(NC(=O)C(CCC(=O)O)NC(=O)C(CCCCN)NC(=O)C(N)CO)C(=O)O. The third-order valence-corrected chi connectivity index (χ3v) is 5.17. The van der Waals surface area contributed by atoms with Gasteiger partial charge < -0.3 is 42.7 Å². The lowest BCUT2D eigenvalue weighted by Crippen LogP contribution is -2.58. The number of aliphatic hydroxyl groups excluding tert-OH is 1. The molecule has 0 aliphatic carbocycles. The Hall–Kier alpha value is -2.77. The lowest BCUT2D eigenvalue weighted by Gasteiger charge is -2.26. The molecule has 0 radical (unpaired) electrons. The molecule has 0 aromatic rings. The van der Waals surface area contributed by atoms with Gasteiger partial charge in [0, 0.05) is 6.42 Å². The Kier molecular flexibility index (Phi) is 14.6. The fourth-order valence-electron chi connectivity index (χ4n) is 2.87. The van der Waals surface area contributed by atoms with Crippen LogP contribution in [0.1, 0.15) is 52.4 Å². The second-order valence-electron chi connectivity index (χ2n) is 7.84. The molecule has 3 amide bonds. The van der Waals surface area contributed by atoms with E-state index in [4.69, 9.17) is 21.7 Å². The van der Waals surface area contributed by atoms with E-state index in [9.17, 15) is 29.1 Å². The zero-order valence-corrected chi connectivity index (χ0v) is 19.1. The van der Waals surface area contributed by atoms with Crippen LogP contribution in [0.4, 0.5) is 0 Å². The zero-order chi connectivity index (χ0) is 25.6. The summed E-state index contributed by atoms with van der Waals surface area (Å²) >= 11 is 0. The molecule has 0 rings (SSSR count). The molecule has 0 aromatic carbocycles. The van der Waals surface area contributed by atoms with Gasteiger partial charge in [-0.1, -0.05) is 20.3 Å². The van der Waals surface area contributed by atoms with Gasteiger partial charge in [0.1, 0.15) is 24.2 Å². The van der Waals surface area contributed by atoms with Crippen molar-refractivity contribution in [3.8, 4) is 0 Å². The lowest BCUT2D eigenvalue weighted by molar-refractivity contribution is -0.144. The van der Waals surface area contributed by atoms with Gasteiger partial charge in [0.25, 0.3) is 0 Å². The van der Waals surface area contributed by atoms with Crippen LogP contribution in [0.25, 0.3) is 0 Å². The minimum atomic E-state index is -1.35. The summed E-state index contributed by atoms with van der Waals surface area (Å²) in [5.74, 6) is -5.28. The largest absolute Gasteiger partial charge is 0.481 e. The molecule has 0 aliphatic rings. The number of aliphatic hydroxyl groups is 1. The molecule has 13 nitrogen and oxygen atoms in total. The standard InChI is InChI=1S/C20H37N5O8/c1-3-11(2)16(20(32)33)25-19(31)14(7-8-15(27)28)24-18(30)13(6-4-5-9-21)23-17(29)12(22)10-26/h11-14,16,26H,3-10,21-22H2,1-2H3,(H,23,29)(H,24,30)(H,25,31)(H,27,28)(H,32,33). The number of hydrogen-bond donors (Lipinski definition) is 8. The second kappa shape index (κ2) is 15.9. The molecule has 5 atom stereocenters. The smallest absolute Gasteiger partial charge is 0.326 e. The number of carbonyl (C=O) groups is 5. The van der Waals surface area contributed by atoms with E-state index in [1.54, 1.807) is 13.8 Å². The quantitative estimate of drug-likeness (QED) is 0.106. The first-order chi connectivity index (χ1) is 15.5. The number of aliphatic carboxylic acids is 2. The maximum Gasteiger partial charge on any atom is 0.326 e. The van der Waals surface area contributed by atoms with Crippen molar-refractivity contribution in [2.24, 2.45) is 17.4 Å². The summed E-state index contributed by atoms with van der Waals surface area (Å²) in [6, 6.07) is -4.95. The summed E-state index contributed by atoms with van der Waals surface area (Å²) in [4.78, 5) is 60.2. The van der Waals surface area contributed by atoms with Gasteiger partial charge in [-0.3, -0.25) is 19.2 Å². The van der Waals surface area contributed by atoms with E-state index >= 15 is 0 Å². The van der Waals surface area contributed by atoms with Crippen LogP contribution in [0, 0.1) is 5.92 Å². The van der Waals surface area contributed by atoms with Gasteiger partial charge in [0.05, 0.1) is 6.61 Å². The Morgan fingerprint density at radius 2 is 1.42 bits per heavy atom. The summed E-state index contributed by atoms with van der Waals surface area (Å²) in [7, 11) is 0. The highest BCUT2D eigenvalue weighted by Crippen LogP contribution is 2.10. The van der Waals surface area contributed by atoms with Gasteiger partial charge in [-0.2, -0.15) is 0 Å². The average Bonchev–Trinajstić information content (AvgIpc) is 2.77. The molecule has 0 bridgehead atoms. The van der Waals surface area contributed by atoms with Crippen molar-refractivity contribution in [1.29, 1.82) is 0 Å². The molecule has 5 unspecified atom stereocenters. The lowest BCUT2D eigenvalue weighted by atomic mass is 9.98. The van der Waals surface area contributed by atoms with E-state index in [0.29, 0.717) is 25.8 Å². The first-order valence-electron chi connectivity index (χ1n) is 10.9. The molecule has 0 spiro atoms. The van der Waals surface area contributed by atoms with Crippen molar-refractivity contribution in [2.75, 3.05) is 13.2 Å². The Bertz CT molecular complexity index is 675. The fraction of sp³-hybridized carbons (Fsp3) is 0.750. The van der Waals surface area contributed by atoms with E-state index < -0.39 is 72.8 Å². The third-order valence-electron chi connectivity index (χ3n) is 5.17. The highest BCUT2D eigenvalue weighted by Gasteiger charge is 2.32. The van der Waals surface area contributed by atoms with Crippen LogP contribution < -0.4 is 27.4 Å². The van der Waals surface area contributed by atoms with Crippen molar-refractivity contribution in [1.82, 2.24) is 16.0 Å². The van der Waals surface area contributed by atoms with Crippen molar-refractivity contribution < 1.29 is 39.3 Å². The Labute approximate surface area is 192 Å². The van der Waals surface area contributed by atoms with Gasteiger partial charge >= 0.3 is 11.9 Å². The predicted molar refractivity (Wildman–Crippen MR) is 118 cm³/mol. The monoisotopic (exact) mass is 475 g/mol. The predicted octanol–water partition coefficient (Wildman–Crippen LogP) is -2.12. The normalized spacial score (nSPS) is 15.4. The molecule has 0 fully saturated rings. The maximum absolute atomic E-state index is 12.8. The molecule has 0 heterocycles. The first kappa shape index (κ1) is 30.2. The topological polar surface area (TPSA) is 234 Å². The number of nitrogens with two attached hydrogens (primary N) is 2. The van der Waals surface area contributed by atoms with Crippen molar-refractivity contribution in [2.45, 2.75) is 76.5 Å². The van der Waals surface area contributed by atoms with E-state index in [2.05, 4.69) is 16.0 Å². The van der Waals surface area contributed by atoms with Gasteiger partial charge in [-0.25, -0.2) is 4.79 Å². The molecule has 0 saturated heterocycles. The number of rotatable bonds is 17. The van der Waals surface area contributed by atoms with Gasteiger partial charge in [0.2, 0.25) is 17.7 Å². The minimum absolute atomic E-state index is 0.158. The molecule has 10 N–H and O–H groups in total. The Morgan fingerprint density at radius 1 is 0.879 bits per heavy atom. The Balaban J connectivity index is 5.56. The molecular formula is C20H37N5O8. The molecule has 13 heteroatoms. The summed E-state index contributed by atoms with van der Waals surface area (Å²) in [6.45, 7) is 3.10. The highest BCUT2D eigenvalue weighted by atomic mass is 16.4. The van der Waals surface area contributed by atoms with Crippen molar-refractivity contribution >= 4 is 29.7 Å². The third kappa shape index (κ3) is 11.6. The number of carbonyl (C=O) groups excluding carboxylic acids is 3.